The minimum absolute atomic E-state index is 0.558. The van der Waals surface area contributed by atoms with Gasteiger partial charge in [-0.15, -0.1) is 0 Å². The molecule has 27 heavy (non-hydrogen) atoms. The van der Waals surface area contributed by atoms with Gasteiger partial charge in [0.2, 0.25) is 0 Å². The SMILES string of the molecule is CN(C)c1ccc(CNCCc2ccccc2)cc1.O=C(O)/C=C\C(=O)O. The Morgan fingerprint density at radius 3 is 1.93 bits per heavy atom. The Morgan fingerprint density at radius 2 is 1.44 bits per heavy atom. The topological polar surface area (TPSA) is 89.9 Å². The van der Waals surface area contributed by atoms with Crippen LogP contribution >= 0.6 is 0 Å². The molecule has 0 unspecified atom stereocenters. The molecule has 6 nitrogen and oxygen atoms in total. The van der Waals surface area contributed by atoms with Gasteiger partial charge in [-0.2, -0.15) is 0 Å². The maximum atomic E-state index is 9.55. The van der Waals surface area contributed by atoms with Gasteiger partial charge in [0.05, 0.1) is 0 Å². The number of hydrogen-bond acceptors (Lipinski definition) is 4. The number of anilines is 1. The average molecular weight is 370 g/mol. The zero-order chi connectivity index (χ0) is 20.1. The number of carboxylic acid groups (broad SMARTS) is 2. The monoisotopic (exact) mass is 370 g/mol. The minimum atomic E-state index is -1.26. The number of nitrogens with zero attached hydrogens (tertiary/aromatic N) is 1. The summed E-state index contributed by atoms with van der Waals surface area (Å²) in [5.41, 5.74) is 3.96. The summed E-state index contributed by atoms with van der Waals surface area (Å²) < 4.78 is 0. The fourth-order valence-electron chi connectivity index (χ4n) is 2.16. The van der Waals surface area contributed by atoms with Crippen LogP contribution in [0.25, 0.3) is 0 Å². The number of carboxylic acids is 2. The molecule has 0 aliphatic rings. The van der Waals surface area contributed by atoms with Crippen molar-refractivity contribution in [2.75, 3.05) is 25.5 Å². The highest BCUT2D eigenvalue weighted by molar-refractivity contribution is 5.89. The Morgan fingerprint density at radius 1 is 0.889 bits per heavy atom. The highest BCUT2D eigenvalue weighted by Gasteiger charge is 1.96. The molecule has 2 rings (SSSR count). The van der Waals surface area contributed by atoms with E-state index in [4.69, 9.17) is 10.2 Å². The third-order valence-corrected chi connectivity index (χ3v) is 3.58. The van der Waals surface area contributed by atoms with Gasteiger partial charge in [0.1, 0.15) is 0 Å². The normalized spacial score (nSPS) is 10.1. The summed E-state index contributed by atoms with van der Waals surface area (Å²) in [6.07, 6.45) is 2.20. The summed E-state index contributed by atoms with van der Waals surface area (Å²) >= 11 is 0. The van der Waals surface area contributed by atoms with Gasteiger partial charge in [-0.1, -0.05) is 42.5 Å². The molecule has 0 atom stereocenters. The first-order valence-corrected chi connectivity index (χ1v) is 8.53. The molecule has 0 radical (unpaired) electrons. The molecule has 2 aromatic carbocycles. The number of benzene rings is 2. The van der Waals surface area contributed by atoms with Crippen LogP contribution in [0, 0.1) is 0 Å². The largest absolute Gasteiger partial charge is 0.478 e. The minimum Gasteiger partial charge on any atom is -0.478 e. The van der Waals surface area contributed by atoms with Crippen LogP contribution in [-0.2, 0) is 22.6 Å². The number of aliphatic carboxylic acids is 2. The third kappa shape index (κ3) is 10.5. The van der Waals surface area contributed by atoms with Crippen LogP contribution in [0.3, 0.4) is 0 Å². The molecule has 0 spiro atoms. The first-order valence-electron chi connectivity index (χ1n) is 8.53. The van der Waals surface area contributed by atoms with Crippen LogP contribution in [0.4, 0.5) is 5.69 Å². The molecule has 3 N–H and O–H groups in total. The van der Waals surface area contributed by atoms with Gasteiger partial charge in [0.15, 0.2) is 0 Å². The van der Waals surface area contributed by atoms with E-state index in [9.17, 15) is 9.59 Å². The predicted octanol–water partition coefficient (Wildman–Crippen LogP) is 2.80. The molecular formula is C21H26N2O4. The van der Waals surface area contributed by atoms with Crippen LogP contribution in [-0.4, -0.2) is 42.8 Å². The molecule has 0 saturated carbocycles. The van der Waals surface area contributed by atoms with E-state index in [1.165, 1.54) is 16.8 Å². The fourth-order valence-corrected chi connectivity index (χ4v) is 2.16. The summed E-state index contributed by atoms with van der Waals surface area (Å²) in [4.78, 5) is 21.2. The number of hydrogen-bond donors (Lipinski definition) is 3. The van der Waals surface area contributed by atoms with Gasteiger partial charge in [0, 0.05) is 38.5 Å². The van der Waals surface area contributed by atoms with Crippen molar-refractivity contribution in [3.63, 3.8) is 0 Å². The Hall–Kier alpha value is -3.12. The lowest BCUT2D eigenvalue weighted by atomic mass is 10.1. The van der Waals surface area contributed by atoms with Crippen LogP contribution < -0.4 is 10.2 Å². The molecule has 144 valence electrons. The van der Waals surface area contributed by atoms with Gasteiger partial charge >= 0.3 is 11.9 Å². The summed E-state index contributed by atoms with van der Waals surface area (Å²) in [5, 5.41) is 19.1. The number of nitrogens with one attached hydrogen (secondary N) is 1. The van der Waals surface area contributed by atoms with Crippen LogP contribution in [0.5, 0.6) is 0 Å². The molecule has 0 aliphatic carbocycles. The van der Waals surface area contributed by atoms with Crippen molar-refractivity contribution in [2.24, 2.45) is 0 Å². The first-order chi connectivity index (χ1) is 12.9. The molecule has 0 aliphatic heterocycles. The quantitative estimate of drug-likeness (QED) is 0.489. The highest BCUT2D eigenvalue weighted by atomic mass is 16.4. The molecule has 0 bridgehead atoms. The second kappa shape index (κ2) is 12.3. The molecule has 0 amide bonds. The zero-order valence-electron chi connectivity index (χ0n) is 15.6. The van der Waals surface area contributed by atoms with E-state index in [0.29, 0.717) is 12.2 Å². The first kappa shape index (κ1) is 21.9. The van der Waals surface area contributed by atoms with Crippen LogP contribution in [0.2, 0.25) is 0 Å². The highest BCUT2D eigenvalue weighted by Crippen LogP contribution is 2.11. The predicted molar refractivity (Wildman–Crippen MR) is 107 cm³/mol. The van der Waals surface area contributed by atoms with Crippen LogP contribution in [0.15, 0.2) is 66.7 Å². The summed E-state index contributed by atoms with van der Waals surface area (Å²) in [6, 6.07) is 19.3. The molecule has 2 aromatic rings. The molecule has 0 heterocycles. The second-order valence-corrected chi connectivity index (χ2v) is 5.98. The molecule has 0 saturated heterocycles. The van der Waals surface area contributed by atoms with E-state index in [1.54, 1.807) is 0 Å². The summed E-state index contributed by atoms with van der Waals surface area (Å²) in [6.45, 7) is 1.94. The lowest BCUT2D eigenvalue weighted by molar-refractivity contribution is -0.134. The average Bonchev–Trinajstić information content (AvgIpc) is 2.65. The second-order valence-electron chi connectivity index (χ2n) is 5.98. The Kier molecular flexibility index (Phi) is 9.96. The maximum absolute atomic E-state index is 9.55. The Labute approximate surface area is 159 Å². The van der Waals surface area contributed by atoms with E-state index in [-0.39, 0.29) is 0 Å². The third-order valence-electron chi connectivity index (χ3n) is 3.58. The van der Waals surface area contributed by atoms with Crippen molar-refractivity contribution in [2.45, 2.75) is 13.0 Å². The van der Waals surface area contributed by atoms with Gasteiger partial charge < -0.3 is 20.4 Å². The van der Waals surface area contributed by atoms with Crippen LogP contribution in [0.1, 0.15) is 11.1 Å². The van der Waals surface area contributed by atoms with E-state index in [1.807, 2.05) is 0 Å². The fraction of sp³-hybridized carbons (Fsp3) is 0.238. The van der Waals surface area contributed by atoms with Gasteiger partial charge in [-0.05, 0) is 36.2 Å². The smallest absolute Gasteiger partial charge is 0.328 e. The number of carbonyl (C=O) groups is 2. The van der Waals surface area contributed by atoms with E-state index in [2.05, 4.69) is 78.9 Å². The lowest BCUT2D eigenvalue weighted by Crippen LogP contribution is -2.16. The van der Waals surface area contributed by atoms with Crippen molar-refractivity contribution >= 4 is 17.6 Å². The van der Waals surface area contributed by atoms with E-state index < -0.39 is 11.9 Å². The Balaban J connectivity index is 0.000000387. The maximum Gasteiger partial charge on any atom is 0.328 e. The summed E-state index contributed by atoms with van der Waals surface area (Å²) in [7, 11) is 4.13. The summed E-state index contributed by atoms with van der Waals surface area (Å²) in [5.74, 6) is -2.51. The van der Waals surface area contributed by atoms with Crippen molar-refractivity contribution in [1.82, 2.24) is 5.32 Å². The standard InChI is InChI=1S/C17H22N2.C4H4O4/c1-19(2)17-10-8-16(9-11-17)14-18-13-12-15-6-4-3-5-7-15;5-3(6)1-2-4(7)8/h3-11,18H,12-14H2,1-2H3;1-2H,(H,5,6)(H,7,8)/b;2-1-. The van der Waals surface area contributed by atoms with Crippen molar-refractivity contribution in [3.8, 4) is 0 Å². The van der Waals surface area contributed by atoms with E-state index in [0.717, 1.165) is 19.5 Å². The zero-order valence-corrected chi connectivity index (χ0v) is 15.6. The van der Waals surface area contributed by atoms with Crippen molar-refractivity contribution in [1.29, 1.82) is 0 Å². The Bertz CT molecular complexity index is 710. The molecule has 0 aromatic heterocycles. The van der Waals surface area contributed by atoms with Gasteiger partial charge in [0.25, 0.3) is 0 Å². The molecule has 6 heteroatoms. The molecular weight excluding hydrogens is 344 g/mol. The molecule has 0 fully saturated rings. The van der Waals surface area contributed by atoms with Gasteiger partial charge in [-0.25, -0.2) is 9.59 Å². The van der Waals surface area contributed by atoms with Gasteiger partial charge in [-0.3, -0.25) is 0 Å². The van der Waals surface area contributed by atoms with Crippen molar-refractivity contribution in [3.05, 3.63) is 77.9 Å². The lowest BCUT2D eigenvalue weighted by Gasteiger charge is -2.13. The number of rotatable bonds is 8. The van der Waals surface area contributed by atoms with Crippen molar-refractivity contribution < 1.29 is 19.8 Å². The van der Waals surface area contributed by atoms with E-state index >= 15 is 0 Å².